The van der Waals surface area contributed by atoms with Crippen LogP contribution in [-0.2, 0) is 4.74 Å². The van der Waals surface area contributed by atoms with Crippen molar-refractivity contribution in [1.82, 2.24) is 4.90 Å². The molecule has 0 unspecified atom stereocenters. The highest BCUT2D eigenvalue weighted by molar-refractivity contribution is 6.59. The van der Waals surface area contributed by atoms with Crippen LogP contribution in [0.2, 0.25) is 0 Å². The van der Waals surface area contributed by atoms with Crippen molar-refractivity contribution < 1.29 is 4.74 Å². The molecule has 0 aliphatic carbocycles. The Kier molecular flexibility index (Phi) is 2.47. The molecule has 0 radical (unpaired) electrons. The molecular formula is C5H14B3NO. The molecule has 5 heteroatoms. The lowest BCUT2D eigenvalue weighted by Gasteiger charge is -2.38. The molecule has 1 aliphatic heterocycles. The van der Waals surface area contributed by atoms with Crippen LogP contribution in [0.5, 0.6) is 0 Å². The molecule has 0 amide bonds. The van der Waals surface area contributed by atoms with Gasteiger partial charge in [-0.05, 0) is 0 Å². The van der Waals surface area contributed by atoms with Gasteiger partial charge in [-0.1, -0.05) is 5.24 Å². The standard InChI is InChI=1S/C5H14B3NO/c6-5(7,8)9-1-3-10-4-2-9/h1-4,6-8H2. The van der Waals surface area contributed by atoms with Crippen LogP contribution in [0.4, 0.5) is 0 Å². The first-order valence-corrected chi connectivity index (χ1v) is 3.93. The van der Waals surface area contributed by atoms with Gasteiger partial charge >= 0.3 is 0 Å². The Labute approximate surface area is 65.5 Å². The van der Waals surface area contributed by atoms with Gasteiger partial charge in [-0.15, -0.1) is 0 Å². The lowest BCUT2D eigenvalue weighted by molar-refractivity contribution is 0.0359. The van der Waals surface area contributed by atoms with Gasteiger partial charge in [0.15, 0.2) is 0 Å². The van der Waals surface area contributed by atoms with Crippen LogP contribution in [0.15, 0.2) is 0 Å². The smallest absolute Gasteiger partial charge is 0.107 e. The Morgan fingerprint density at radius 1 is 1.10 bits per heavy atom. The zero-order chi connectivity index (χ0) is 7.61. The van der Waals surface area contributed by atoms with E-state index in [2.05, 4.69) is 28.4 Å². The van der Waals surface area contributed by atoms with Crippen LogP contribution in [0, 0.1) is 0 Å². The van der Waals surface area contributed by atoms with Gasteiger partial charge in [-0.2, -0.15) is 0 Å². The fourth-order valence-corrected chi connectivity index (χ4v) is 1.23. The average molecular weight is 137 g/mol. The molecule has 1 heterocycles. The van der Waals surface area contributed by atoms with Crippen molar-refractivity contribution in [3.63, 3.8) is 0 Å². The zero-order valence-electron chi connectivity index (χ0n) is 7.18. The number of rotatable bonds is 1. The third-order valence-electron chi connectivity index (χ3n) is 1.96. The minimum absolute atomic E-state index is 0.323. The van der Waals surface area contributed by atoms with Crippen molar-refractivity contribution in [1.29, 1.82) is 0 Å². The second kappa shape index (κ2) is 3.01. The van der Waals surface area contributed by atoms with Crippen molar-refractivity contribution in [2.45, 2.75) is 5.24 Å². The van der Waals surface area contributed by atoms with E-state index in [-0.39, 0.29) is 0 Å². The summed E-state index contributed by atoms with van der Waals surface area (Å²) in [4.78, 5) is 2.45. The Balaban J connectivity index is 2.39. The maximum Gasteiger partial charge on any atom is 0.107 e. The van der Waals surface area contributed by atoms with E-state index in [1.807, 2.05) is 0 Å². The van der Waals surface area contributed by atoms with Crippen LogP contribution in [0.3, 0.4) is 0 Å². The number of ether oxygens (including phenoxy) is 1. The minimum Gasteiger partial charge on any atom is -0.379 e. The van der Waals surface area contributed by atoms with E-state index in [0.29, 0.717) is 5.24 Å². The number of morpholine rings is 1. The summed E-state index contributed by atoms with van der Waals surface area (Å²) in [6, 6.07) is 0. The van der Waals surface area contributed by atoms with Crippen molar-refractivity contribution in [3.05, 3.63) is 0 Å². The van der Waals surface area contributed by atoms with E-state index in [9.17, 15) is 0 Å². The fraction of sp³-hybridized carbons (Fsp3) is 1.00. The predicted octanol–water partition coefficient (Wildman–Crippen LogP) is -3.17. The monoisotopic (exact) mass is 137 g/mol. The van der Waals surface area contributed by atoms with Gasteiger partial charge in [0.05, 0.1) is 13.2 Å². The van der Waals surface area contributed by atoms with Crippen molar-refractivity contribution in [2.75, 3.05) is 26.3 Å². The number of hydrogen-bond acceptors (Lipinski definition) is 2. The summed E-state index contributed by atoms with van der Waals surface area (Å²) in [7, 11) is 6.75. The van der Waals surface area contributed by atoms with Crippen molar-refractivity contribution in [3.8, 4) is 0 Å². The average Bonchev–Trinajstić information content (AvgIpc) is 1.88. The van der Waals surface area contributed by atoms with E-state index in [4.69, 9.17) is 4.74 Å². The molecule has 1 saturated heterocycles. The number of nitrogens with zero attached hydrogens (tertiary/aromatic N) is 1. The predicted molar refractivity (Wildman–Crippen MR) is 50.8 cm³/mol. The first-order chi connectivity index (χ1) is 4.61. The summed E-state index contributed by atoms with van der Waals surface area (Å²) in [6.45, 7) is 3.97. The van der Waals surface area contributed by atoms with Crippen molar-refractivity contribution >= 4 is 23.5 Å². The third kappa shape index (κ3) is 2.06. The van der Waals surface area contributed by atoms with E-state index in [1.165, 1.54) is 0 Å². The van der Waals surface area contributed by atoms with E-state index < -0.39 is 0 Å². The molecular weight excluding hydrogens is 122 g/mol. The zero-order valence-corrected chi connectivity index (χ0v) is 7.18. The van der Waals surface area contributed by atoms with Gasteiger partial charge in [0.1, 0.15) is 23.5 Å². The molecule has 1 rings (SSSR count). The second-order valence-electron chi connectivity index (χ2n) is 3.77. The van der Waals surface area contributed by atoms with Gasteiger partial charge < -0.3 is 9.64 Å². The third-order valence-corrected chi connectivity index (χ3v) is 1.96. The summed E-state index contributed by atoms with van der Waals surface area (Å²) in [5.74, 6) is 0. The molecule has 0 atom stereocenters. The van der Waals surface area contributed by atoms with Crippen LogP contribution in [-0.4, -0.2) is 60.0 Å². The molecule has 0 aromatic heterocycles. The second-order valence-corrected chi connectivity index (χ2v) is 3.77. The molecule has 0 aromatic carbocycles. The van der Waals surface area contributed by atoms with Crippen LogP contribution in [0.25, 0.3) is 0 Å². The molecule has 54 valence electrons. The quantitative estimate of drug-likeness (QED) is 0.353. The Morgan fingerprint density at radius 2 is 1.60 bits per heavy atom. The largest absolute Gasteiger partial charge is 0.379 e. The molecule has 0 N–H and O–H groups in total. The molecule has 0 aromatic rings. The summed E-state index contributed by atoms with van der Waals surface area (Å²) in [6.07, 6.45) is 0. The lowest BCUT2D eigenvalue weighted by atomic mass is 9.48. The Bertz CT molecular complexity index is 108. The topological polar surface area (TPSA) is 12.5 Å². The van der Waals surface area contributed by atoms with Gasteiger partial charge in [0, 0.05) is 13.1 Å². The van der Waals surface area contributed by atoms with Crippen LogP contribution >= 0.6 is 0 Å². The van der Waals surface area contributed by atoms with Gasteiger partial charge in [-0.3, -0.25) is 0 Å². The van der Waals surface area contributed by atoms with E-state index >= 15 is 0 Å². The molecule has 0 spiro atoms. The maximum atomic E-state index is 5.25. The van der Waals surface area contributed by atoms with Crippen LogP contribution < -0.4 is 0 Å². The van der Waals surface area contributed by atoms with Gasteiger partial charge in [0.25, 0.3) is 0 Å². The van der Waals surface area contributed by atoms with Gasteiger partial charge in [0.2, 0.25) is 0 Å². The fourth-order valence-electron chi connectivity index (χ4n) is 1.23. The molecule has 0 saturated carbocycles. The highest BCUT2D eigenvalue weighted by Gasteiger charge is 2.22. The van der Waals surface area contributed by atoms with E-state index in [0.717, 1.165) is 26.3 Å². The molecule has 2 nitrogen and oxygen atoms in total. The summed E-state index contributed by atoms with van der Waals surface area (Å²) >= 11 is 0. The first-order valence-electron chi connectivity index (χ1n) is 3.93. The summed E-state index contributed by atoms with van der Waals surface area (Å²) in [5.41, 5.74) is 0. The minimum atomic E-state index is 0.323. The van der Waals surface area contributed by atoms with Crippen LogP contribution in [0.1, 0.15) is 0 Å². The van der Waals surface area contributed by atoms with Crippen molar-refractivity contribution in [2.24, 2.45) is 0 Å². The first kappa shape index (κ1) is 8.21. The summed E-state index contributed by atoms with van der Waals surface area (Å²) < 4.78 is 5.25. The van der Waals surface area contributed by atoms with E-state index in [1.54, 1.807) is 0 Å². The highest BCUT2D eigenvalue weighted by Crippen LogP contribution is 2.04. The Morgan fingerprint density at radius 3 is 1.90 bits per heavy atom. The summed E-state index contributed by atoms with van der Waals surface area (Å²) in [5, 5.41) is 0.323. The highest BCUT2D eigenvalue weighted by atomic mass is 16.5. The molecule has 1 fully saturated rings. The number of hydrogen-bond donors (Lipinski definition) is 0. The normalized spacial score (nSPS) is 22.8. The van der Waals surface area contributed by atoms with Gasteiger partial charge in [-0.25, -0.2) is 0 Å². The molecule has 0 bridgehead atoms. The lowest BCUT2D eigenvalue weighted by Crippen LogP contribution is -2.55. The molecule has 1 aliphatic rings. The Hall–Kier alpha value is 0.115. The SMILES string of the molecule is BC(B)(B)N1CCOCC1. The maximum absolute atomic E-state index is 5.25. The molecule has 10 heavy (non-hydrogen) atoms.